The van der Waals surface area contributed by atoms with Gasteiger partial charge in [-0.15, -0.1) is 0 Å². The molecule has 0 fully saturated rings. The van der Waals surface area contributed by atoms with Crippen LogP contribution in [0.4, 0.5) is 0 Å². The quantitative estimate of drug-likeness (QED) is 0.908. The van der Waals surface area contributed by atoms with Crippen LogP contribution >= 0.6 is 0 Å². The molecule has 0 aliphatic heterocycles. The Balaban J connectivity index is 2.16. The zero-order valence-corrected chi connectivity index (χ0v) is 12.4. The second-order valence-electron chi connectivity index (χ2n) is 6.07. The standard InChI is InChI=1S/C16H22N2O/c1-11-6-7-14(12(2)8-11)15-18-13(10-19-15)9-17-16(3,4)5/h6-8,10,17H,9H2,1-5H3. The Morgan fingerprint density at radius 3 is 2.58 bits per heavy atom. The van der Waals surface area contributed by atoms with Crippen LogP contribution in [0.1, 0.15) is 37.6 Å². The first-order chi connectivity index (χ1) is 8.85. The molecule has 0 aliphatic rings. The lowest BCUT2D eigenvalue weighted by Crippen LogP contribution is -2.35. The fourth-order valence-corrected chi connectivity index (χ4v) is 1.92. The van der Waals surface area contributed by atoms with Crippen LogP contribution in [0.3, 0.4) is 0 Å². The number of hydrogen-bond acceptors (Lipinski definition) is 3. The van der Waals surface area contributed by atoms with Gasteiger partial charge in [-0.2, -0.15) is 0 Å². The molecule has 0 saturated carbocycles. The van der Waals surface area contributed by atoms with Gasteiger partial charge in [0.1, 0.15) is 6.26 Å². The third-order valence-corrected chi connectivity index (χ3v) is 2.96. The summed E-state index contributed by atoms with van der Waals surface area (Å²) >= 11 is 0. The number of aromatic nitrogens is 1. The summed E-state index contributed by atoms with van der Waals surface area (Å²) < 4.78 is 5.59. The molecule has 1 N–H and O–H groups in total. The molecule has 0 aliphatic carbocycles. The molecule has 1 aromatic carbocycles. The van der Waals surface area contributed by atoms with Crippen molar-refractivity contribution in [1.29, 1.82) is 0 Å². The van der Waals surface area contributed by atoms with Gasteiger partial charge in [0.15, 0.2) is 0 Å². The summed E-state index contributed by atoms with van der Waals surface area (Å²) in [4.78, 5) is 4.54. The Hall–Kier alpha value is -1.61. The van der Waals surface area contributed by atoms with E-state index < -0.39 is 0 Å². The van der Waals surface area contributed by atoms with Crippen LogP contribution in [0, 0.1) is 13.8 Å². The van der Waals surface area contributed by atoms with Gasteiger partial charge in [0, 0.05) is 17.6 Å². The fraction of sp³-hybridized carbons (Fsp3) is 0.438. The first-order valence-electron chi connectivity index (χ1n) is 6.62. The molecule has 0 bridgehead atoms. The van der Waals surface area contributed by atoms with E-state index in [2.05, 4.69) is 63.1 Å². The average molecular weight is 258 g/mol. The smallest absolute Gasteiger partial charge is 0.226 e. The number of hydrogen-bond donors (Lipinski definition) is 1. The van der Waals surface area contributed by atoms with Crippen molar-refractivity contribution in [3.05, 3.63) is 41.3 Å². The van der Waals surface area contributed by atoms with E-state index in [1.807, 2.05) is 0 Å². The van der Waals surface area contributed by atoms with E-state index in [0.717, 1.165) is 17.8 Å². The number of oxazole rings is 1. The molecule has 102 valence electrons. The van der Waals surface area contributed by atoms with Crippen molar-refractivity contribution in [3.8, 4) is 11.5 Å². The SMILES string of the molecule is Cc1ccc(-c2nc(CNC(C)(C)C)co2)c(C)c1. The van der Waals surface area contributed by atoms with Gasteiger partial charge in [0.25, 0.3) is 0 Å². The fourth-order valence-electron chi connectivity index (χ4n) is 1.92. The summed E-state index contributed by atoms with van der Waals surface area (Å²) in [6.07, 6.45) is 1.73. The molecule has 0 saturated heterocycles. The Labute approximate surface area is 115 Å². The number of nitrogens with one attached hydrogen (secondary N) is 1. The molecule has 2 aromatic rings. The van der Waals surface area contributed by atoms with Crippen LogP contribution in [0.25, 0.3) is 11.5 Å². The van der Waals surface area contributed by atoms with Crippen molar-refractivity contribution < 1.29 is 4.42 Å². The highest BCUT2D eigenvalue weighted by Crippen LogP contribution is 2.23. The van der Waals surface area contributed by atoms with Crippen LogP contribution in [0.2, 0.25) is 0 Å². The summed E-state index contributed by atoms with van der Waals surface area (Å²) in [6, 6.07) is 6.30. The van der Waals surface area contributed by atoms with Gasteiger partial charge in [0.2, 0.25) is 5.89 Å². The minimum Gasteiger partial charge on any atom is -0.444 e. The van der Waals surface area contributed by atoms with E-state index in [0.29, 0.717) is 5.89 Å². The predicted octanol–water partition coefficient (Wildman–Crippen LogP) is 3.85. The molecule has 0 spiro atoms. The van der Waals surface area contributed by atoms with E-state index in [1.165, 1.54) is 11.1 Å². The Kier molecular flexibility index (Phi) is 3.76. The lowest BCUT2D eigenvalue weighted by Gasteiger charge is -2.19. The summed E-state index contributed by atoms with van der Waals surface area (Å²) in [6.45, 7) is 11.3. The Morgan fingerprint density at radius 1 is 1.21 bits per heavy atom. The molecule has 0 amide bonds. The normalized spacial score (nSPS) is 11.8. The first-order valence-corrected chi connectivity index (χ1v) is 6.62. The maximum atomic E-state index is 5.59. The molecule has 19 heavy (non-hydrogen) atoms. The molecule has 3 nitrogen and oxygen atoms in total. The summed E-state index contributed by atoms with van der Waals surface area (Å²) in [7, 11) is 0. The maximum absolute atomic E-state index is 5.59. The van der Waals surface area contributed by atoms with Gasteiger partial charge in [-0.1, -0.05) is 17.7 Å². The zero-order valence-electron chi connectivity index (χ0n) is 12.4. The van der Waals surface area contributed by atoms with Gasteiger partial charge < -0.3 is 9.73 Å². The van der Waals surface area contributed by atoms with Crippen LogP contribution in [-0.2, 0) is 6.54 Å². The van der Waals surface area contributed by atoms with Crippen LogP contribution < -0.4 is 5.32 Å². The molecule has 2 rings (SSSR count). The van der Waals surface area contributed by atoms with Gasteiger partial charge in [-0.3, -0.25) is 0 Å². The van der Waals surface area contributed by atoms with E-state index in [9.17, 15) is 0 Å². The van der Waals surface area contributed by atoms with Crippen molar-refractivity contribution in [2.75, 3.05) is 0 Å². The third kappa shape index (κ3) is 3.67. The number of aryl methyl sites for hydroxylation is 2. The van der Waals surface area contributed by atoms with E-state index >= 15 is 0 Å². The Morgan fingerprint density at radius 2 is 1.95 bits per heavy atom. The molecular formula is C16H22N2O. The summed E-state index contributed by atoms with van der Waals surface area (Å²) in [5.41, 5.74) is 4.52. The van der Waals surface area contributed by atoms with Crippen LogP contribution in [0.5, 0.6) is 0 Å². The number of nitrogens with zero attached hydrogens (tertiary/aromatic N) is 1. The predicted molar refractivity (Wildman–Crippen MR) is 78.0 cm³/mol. The minimum absolute atomic E-state index is 0.0822. The van der Waals surface area contributed by atoms with Crippen molar-refractivity contribution in [3.63, 3.8) is 0 Å². The van der Waals surface area contributed by atoms with E-state index in [-0.39, 0.29) is 5.54 Å². The minimum atomic E-state index is 0.0822. The molecule has 1 aromatic heterocycles. The maximum Gasteiger partial charge on any atom is 0.226 e. The average Bonchev–Trinajstić information content (AvgIpc) is 2.74. The molecule has 3 heteroatoms. The highest BCUT2D eigenvalue weighted by atomic mass is 16.3. The van der Waals surface area contributed by atoms with Crippen LogP contribution in [0.15, 0.2) is 28.9 Å². The largest absolute Gasteiger partial charge is 0.444 e. The van der Waals surface area contributed by atoms with Crippen molar-refractivity contribution in [1.82, 2.24) is 10.3 Å². The topological polar surface area (TPSA) is 38.1 Å². The summed E-state index contributed by atoms with van der Waals surface area (Å²) in [5, 5.41) is 3.40. The highest BCUT2D eigenvalue weighted by molar-refractivity contribution is 5.59. The Bertz CT molecular complexity index is 564. The van der Waals surface area contributed by atoms with Crippen molar-refractivity contribution in [2.24, 2.45) is 0 Å². The van der Waals surface area contributed by atoms with E-state index in [4.69, 9.17) is 4.42 Å². The number of benzene rings is 1. The van der Waals surface area contributed by atoms with Gasteiger partial charge in [0.05, 0.1) is 5.69 Å². The van der Waals surface area contributed by atoms with Crippen molar-refractivity contribution in [2.45, 2.75) is 46.7 Å². The molecule has 1 heterocycles. The lowest BCUT2D eigenvalue weighted by atomic mass is 10.1. The van der Waals surface area contributed by atoms with E-state index in [1.54, 1.807) is 6.26 Å². The summed E-state index contributed by atoms with van der Waals surface area (Å²) in [5.74, 6) is 0.697. The third-order valence-electron chi connectivity index (χ3n) is 2.96. The zero-order chi connectivity index (χ0) is 14.0. The van der Waals surface area contributed by atoms with Crippen LogP contribution in [-0.4, -0.2) is 10.5 Å². The molecular weight excluding hydrogens is 236 g/mol. The van der Waals surface area contributed by atoms with Gasteiger partial charge in [-0.25, -0.2) is 4.98 Å². The number of rotatable bonds is 3. The monoisotopic (exact) mass is 258 g/mol. The lowest BCUT2D eigenvalue weighted by molar-refractivity contribution is 0.421. The first kappa shape index (κ1) is 13.8. The van der Waals surface area contributed by atoms with Crippen molar-refractivity contribution >= 4 is 0 Å². The molecule has 0 radical (unpaired) electrons. The van der Waals surface area contributed by atoms with Gasteiger partial charge in [-0.05, 0) is 46.2 Å². The molecule has 0 atom stereocenters. The highest BCUT2D eigenvalue weighted by Gasteiger charge is 2.12. The second kappa shape index (κ2) is 5.17. The second-order valence-corrected chi connectivity index (χ2v) is 6.07. The van der Waals surface area contributed by atoms with Gasteiger partial charge >= 0.3 is 0 Å². The molecule has 0 unspecified atom stereocenters.